The van der Waals surface area contributed by atoms with Crippen molar-refractivity contribution in [3.8, 4) is 0 Å². The number of halogens is 3. The zero-order valence-corrected chi connectivity index (χ0v) is 11.1. The molecule has 3 rings (SSSR count). The van der Waals surface area contributed by atoms with E-state index in [1.165, 1.54) is 12.1 Å². The molecule has 0 atom stereocenters. The van der Waals surface area contributed by atoms with Gasteiger partial charge in [-0.15, -0.1) is 0 Å². The molecule has 0 saturated heterocycles. The molecule has 2 aromatic rings. The first kappa shape index (κ1) is 13.7. The summed E-state index contributed by atoms with van der Waals surface area (Å²) >= 11 is 0. The summed E-state index contributed by atoms with van der Waals surface area (Å²) in [5.74, 6) is 0. The van der Waals surface area contributed by atoms with Gasteiger partial charge >= 0.3 is 6.18 Å². The van der Waals surface area contributed by atoms with Crippen LogP contribution in [0, 0.1) is 0 Å². The third kappa shape index (κ3) is 2.91. The smallest absolute Gasteiger partial charge is 0.360 e. The van der Waals surface area contributed by atoms with Crippen molar-refractivity contribution in [3.05, 3.63) is 59.7 Å². The normalized spacial score (nSPS) is 14.1. The quantitative estimate of drug-likeness (QED) is 0.799. The topological polar surface area (TPSA) is 15.6 Å². The van der Waals surface area contributed by atoms with Crippen LogP contribution in [0.2, 0.25) is 0 Å². The molecule has 2 aromatic carbocycles. The SMILES string of the molecule is FC(F)(F)c1ccc(CN2CC=Nc3ccccc32)cc1. The summed E-state index contributed by atoms with van der Waals surface area (Å²) < 4.78 is 37.6. The predicted molar refractivity (Wildman–Crippen MR) is 77.1 cm³/mol. The van der Waals surface area contributed by atoms with Crippen LogP contribution in [-0.2, 0) is 12.7 Å². The van der Waals surface area contributed by atoms with Crippen LogP contribution in [0.5, 0.6) is 0 Å². The lowest BCUT2D eigenvalue weighted by Crippen LogP contribution is -2.26. The van der Waals surface area contributed by atoms with E-state index >= 15 is 0 Å². The molecule has 21 heavy (non-hydrogen) atoms. The van der Waals surface area contributed by atoms with Gasteiger partial charge in [0.15, 0.2) is 0 Å². The maximum absolute atomic E-state index is 12.5. The highest BCUT2D eigenvalue weighted by Crippen LogP contribution is 2.32. The van der Waals surface area contributed by atoms with E-state index in [1.807, 2.05) is 30.5 Å². The number of para-hydroxylation sites is 2. The van der Waals surface area contributed by atoms with E-state index in [1.54, 1.807) is 0 Å². The molecule has 0 aliphatic carbocycles. The third-order valence-electron chi connectivity index (χ3n) is 3.41. The van der Waals surface area contributed by atoms with Crippen LogP contribution in [0.15, 0.2) is 53.5 Å². The van der Waals surface area contributed by atoms with E-state index in [4.69, 9.17) is 0 Å². The Balaban J connectivity index is 1.80. The van der Waals surface area contributed by atoms with E-state index in [0.29, 0.717) is 13.1 Å². The van der Waals surface area contributed by atoms with Gasteiger partial charge in [-0.1, -0.05) is 24.3 Å². The monoisotopic (exact) mass is 290 g/mol. The van der Waals surface area contributed by atoms with Crippen LogP contribution in [0.4, 0.5) is 24.5 Å². The summed E-state index contributed by atoms with van der Waals surface area (Å²) in [4.78, 5) is 6.40. The minimum Gasteiger partial charge on any atom is -0.360 e. The van der Waals surface area contributed by atoms with Gasteiger partial charge in [-0.3, -0.25) is 4.99 Å². The minimum absolute atomic E-state index is 0.557. The van der Waals surface area contributed by atoms with E-state index < -0.39 is 11.7 Å². The first-order valence-electron chi connectivity index (χ1n) is 6.57. The second-order valence-corrected chi connectivity index (χ2v) is 4.88. The van der Waals surface area contributed by atoms with Crippen molar-refractivity contribution in [2.24, 2.45) is 4.99 Å². The molecule has 0 N–H and O–H groups in total. The van der Waals surface area contributed by atoms with Crippen molar-refractivity contribution in [2.45, 2.75) is 12.7 Å². The Kier molecular flexibility index (Phi) is 3.41. The highest BCUT2D eigenvalue weighted by atomic mass is 19.4. The fourth-order valence-corrected chi connectivity index (χ4v) is 2.35. The minimum atomic E-state index is -4.29. The van der Waals surface area contributed by atoms with Crippen LogP contribution in [0.25, 0.3) is 0 Å². The van der Waals surface area contributed by atoms with Gasteiger partial charge in [0.25, 0.3) is 0 Å². The van der Waals surface area contributed by atoms with Gasteiger partial charge in [-0.2, -0.15) is 13.2 Å². The Bertz CT molecular complexity index is 660. The van der Waals surface area contributed by atoms with Crippen LogP contribution < -0.4 is 4.90 Å². The molecule has 1 aliphatic heterocycles. The number of fused-ring (bicyclic) bond motifs is 1. The largest absolute Gasteiger partial charge is 0.416 e. The fraction of sp³-hybridized carbons (Fsp3) is 0.188. The molecule has 5 heteroatoms. The lowest BCUT2D eigenvalue weighted by Gasteiger charge is -2.27. The summed E-state index contributed by atoms with van der Waals surface area (Å²) in [6.45, 7) is 1.21. The Morgan fingerprint density at radius 3 is 2.43 bits per heavy atom. The number of rotatable bonds is 2. The molecule has 1 aliphatic rings. The van der Waals surface area contributed by atoms with Crippen molar-refractivity contribution >= 4 is 17.6 Å². The zero-order chi connectivity index (χ0) is 14.9. The predicted octanol–water partition coefficient (Wildman–Crippen LogP) is 4.43. The van der Waals surface area contributed by atoms with Gasteiger partial charge in [0, 0.05) is 12.8 Å². The second-order valence-electron chi connectivity index (χ2n) is 4.88. The average Bonchev–Trinajstić information content (AvgIpc) is 2.47. The lowest BCUT2D eigenvalue weighted by molar-refractivity contribution is -0.137. The first-order chi connectivity index (χ1) is 10.0. The van der Waals surface area contributed by atoms with Gasteiger partial charge < -0.3 is 4.90 Å². The van der Waals surface area contributed by atoms with E-state index in [9.17, 15) is 13.2 Å². The van der Waals surface area contributed by atoms with E-state index in [0.717, 1.165) is 29.1 Å². The molecule has 0 fully saturated rings. The van der Waals surface area contributed by atoms with Crippen LogP contribution >= 0.6 is 0 Å². The number of alkyl halides is 3. The maximum atomic E-state index is 12.5. The molecule has 0 amide bonds. The second kappa shape index (κ2) is 5.24. The Hall–Kier alpha value is -2.30. The Labute approximate surface area is 120 Å². The highest BCUT2D eigenvalue weighted by molar-refractivity contribution is 5.81. The zero-order valence-electron chi connectivity index (χ0n) is 11.1. The third-order valence-corrected chi connectivity index (χ3v) is 3.41. The number of hydrogen-bond acceptors (Lipinski definition) is 2. The molecule has 1 heterocycles. The van der Waals surface area contributed by atoms with Crippen molar-refractivity contribution in [1.29, 1.82) is 0 Å². The van der Waals surface area contributed by atoms with Gasteiger partial charge in [0.1, 0.15) is 0 Å². The van der Waals surface area contributed by atoms with Crippen molar-refractivity contribution < 1.29 is 13.2 Å². The fourth-order valence-electron chi connectivity index (χ4n) is 2.35. The lowest BCUT2D eigenvalue weighted by atomic mass is 10.1. The van der Waals surface area contributed by atoms with Gasteiger partial charge in [0.05, 0.1) is 23.5 Å². The summed E-state index contributed by atoms with van der Waals surface area (Å²) in [6.07, 6.45) is -2.48. The van der Waals surface area contributed by atoms with E-state index in [-0.39, 0.29) is 0 Å². The van der Waals surface area contributed by atoms with Crippen LogP contribution in [-0.4, -0.2) is 12.8 Å². The molecule has 2 nitrogen and oxygen atoms in total. The number of nitrogens with zero attached hydrogens (tertiary/aromatic N) is 2. The van der Waals surface area contributed by atoms with Crippen molar-refractivity contribution in [3.63, 3.8) is 0 Å². The average molecular weight is 290 g/mol. The number of aliphatic imine (C=N–C) groups is 1. The van der Waals surface area contributed by atoms with Gasteiger partial charge in [-0.05, 0) is 29.8 Å². The van der Waals surface area contributed by atoms with E-state index in [2.05, 4.69) is 9.89 Å². The summed E-state index contributed by atoms with van der Waals surface area (Å²) in [7, 11) is 0. The van der Waals surface area contributed by atoms with Crippen LogP contribution in [0.1, 0.15) is 11.1 Å². The number of benzene rings is 2. The Morgan fingerprint density at radius 1 is 1.00 bits per heavy atom. The molecule has 0 saturated carbocycles. The molecule has 108 valence electrons. The molecule has 0 radical (unpaired) electrons. The molecule has 0 aromatic heterocycles. The first-order valence-corrected chi connectivity index (χ1v) is 6.57. The standard InChI is InChI=1S/C16H13F3N2/c17-16(18,19)13-7-5-12(6-8-13)11-21-10-9-20-14-3-1-2-4-15(14)21/h1-9H,10-11H2. The highest BCUT2D eigenvalue weighted by Gasteiger charge is 2.30. The summed E-state index contributed by atoms with van der Waals surface area (Å²) in [5.41, 5.74) is 2.11. The van der Waals surface area contributed by atoms with Crippen molar-refractivity contribution in [2.75, 3.05) is 11.4 Å². The number of hydrogen-bond donors (Lipinski definition) is 0. The molecular formula is C16H13F3N2. The van der Waals surface area contributed by atoms with Gasteiger partial charge in [-0.25, -0.2) is 0 Å². The van der Waals surface area contributed by atoms with Crippen molar-refractivity contribution in [1.82, 2.24) is 0 Å². The summed E-state index contributed by atoms with van der Waals surface area (Å²) in [6, 6.07) is 13.0. The van der Waals surface area contributed by atoms with Crippen LogP contribution in [0.3, 0.4) is 0 Å². The molecular weight excluding hydrogens is 277 g/mol. The molecule has 0 unspecified atom stereocenters. The molecule has 0 spiro atoms. The van der Waals surface area contributed by atoms with Gasteiger partial charge in [0.2, 0.25) is 0 Å². The molecule has 0 bridgehead atoms. The Morgan fingerprint density at radius 2 is 1.71 bits per heavy atom. The number of anilines is 1. The maximum Gasteiger partial charge on any atom is 0.416 e. The summed E-state index contributed by atoms with van der Waals surface area (Å²) in [5, 5.41) is 0.